The van der Waals surface area contributed by atoms with Crippen LogP contribution in [0.15, 0.2) is 54.6 Å². The monoisotopic (exact) mass is 552 g/mol. The molecule has 0 bridgehead atoms. The summed E-state index contributed by atoms with van der Waals surface area (Å²) >= 11 is 0. The predicted octanol–water partition coefficient (Wildman–Crippen LogP) is 4.44. The number of rotatable bonds is 7. The Labute approximate surface area is 242 Å². The number of aromatic hydroxyl groups is 1. The third-order valence-corrected chi connectivity index (χ3v) is 8.97. The number of benzene rings is 3. The average Bonchev–Trinajstić information content (AvgIpc) is 3.80. The summed E-state index contributed by atoms with van der Waals surface area (Å²) in [6.45, 7) is 7.19. The molecule has 6 rings (SSSR count). The van der Waals surface area contributed by atoms with Crippen molar-refractivity contribution in [3.05, 3.63) is 93.5 Å². The lowest BCUT2D eigenvalue weighted by Gasteiger charge is -2.36. The highest BCUT2D eigenvalue weighted by Gasteiger charge is 2.38. The van der Waals surface area contributed by atoms with E-state index in [4.69, 9.17) is 5.73 Å². The Morgan fingerprint density at radius 3 is 2.46 bits per heavy atom. The second kappa shape index (κ2) is 11.3. The number of anilines is 1. The molecule has 2 amide bonds. The smallest absolute Gasteiger partial charge is 0.237 e. The first-order chi connectivity index (χ1) is 19.8. The zero-order chi connectivity index (χ0) is 28.7. The number of amides is 2. The van der Waals surface area contributed by atoms with E-state index in [1.54, 1.807) is 12.1 Å². The van der Waals surface area contributed by atoms with Crippen LogP contribution >= 0.6 is 0 Å². The largest absolute Gasteiger partial charge is 0.508 e. The van der Waals surface area contributed by atoms with Crippen LogP contribution in [0.1, 0.15) is 64.2 Å². The summed E-state index contributed by atoms with van der Waals surface area (Å²) in [5.74, 6) is 0.349. The van der Waals surface area contributed by atoms with Crippen molar-refractivity contribution in [1.29, 1.82) is 0 Å². The van der Waals surface area contributed by atoms with E-state index < -0.39 is 6.04 Å². The number of hydrogen-bond donors (Lipinski definition) is 3. The first-order valence-electron chi connectivity index (χ1n) is 14.8. The van der Waals surface area contributed by atoms with Gasteiger partial charge in [0.15, 0.2) is 0 Å². The number of fused-ring (bicyclic) bond motifs is 2. The number of carbonyl (C=O) groups excluding carboxylic acids is 2. The van der Waals surface area contributed by atoms with Gasteiger partial charge in [0.2, 0.25) is 11.8 Å². The normalized spacial score (nSPS) is 19.3. The maximum absolute atomic E-state index is 13.4. The topological polar surface area (TPSA) is 98.9 Å². The van der Waals surface area contributed by atoms with Gasteiger partial charge in [-0.15, -0.1) is 0 Å². The van der Waals surface area contributed by atoms with Gasteiger partial charge in [0, 0.05) is 37.8 Å². The van der Waals surface area contributed by atoms with E-state index in [1.165, 1.54) is 16.7 Å². The van der Waals surface area contributed by atoms with Gasteiger partial charge >= 0.3 is 0 Å². The Morgan fingerprint density at radius 2 is 1.73 bits per heavy atom. The van der Waals surface area contributed by atoms with Gasteiger partial charge in [-0.1, -0.05) is 36.4 Å². The van der Waals surface area contributed by atoms with E-state index in [1.807, 2.05) is 18.7 Å². The highest BCUT2D eigenvalue weighted by atomic mass is 16.3. The average molecular weight is 553 g/mol. The van der Waals surface area contributed by atoms with Crippen LogP contribution < -0.4 is 16.0 Å². The SMILES string of the molecule is Cc1cc(O)cc(C)c1C[C@H](N)C(=O)N[C@@H]1CCN(C(=O)C2CC2)c2ccc(CN3CCc4ccccc4C3)cc21. The number of phenols is 1. The molecule has 2 atom stereocenters. The maximum atomic E-state index is 13.4. The molecule has 7 nitrogen and oxygen atoms in total. The molecule has 1 saturated carbocycles. The van der Waals surface area contributed by atoms with Crippen molar-refractivity contribution < 1.29 is 14.7 Å². The lowest BCUT2D eigenvalue weighted by atomic mass is 9.92. The number of phenolic OH excluding ortho intramolecular Hbond substituents is 1. The van der Waals surface area contributed by atoms with Crippen LogP contribution in [0.25, 0.3) is 0 Å². The predicted molar refractivity (Wildman–Crippen MR) is 161 cm³/mol. The van der Waals surface area contributed by atoms with Gasteiger partial charge < -0.3 is 21.1 Å². The molecule has 0 radical (unpaired) electrons. The highest BCUT2D eigenvalue weighted by molar-refractivity contribution is 5.98. The van der Waals surface area contributed by atoms with Crippen molar-refractivity contribution in [2.75, 3.05) is 18.0 Å². The summed E-state index contributed by atoms with van der Waals surface area (Å²) < 4.78 is 0. The second-order valence-electron chi connectivity index (χ2n) is 12.1. The quantitative estimate of drug-likeness (QED) is 0.403. The molecule has 214 valence electrons. The van der Waals surface area contributed by atoms with Gasteiger partial charge in [0.1, 0.15) is 5.75 Å². The fraction of sp³-hybridized carbons (Fsp3) is 0.412. The zero-order valence-corrected chi connectivity index (χ0v) is 24.0. The van der Waals surface area contributed by atoms with Crippen molar-refractivity contribution in [2.24, 2.45) is 11.7 Å². The summed E-state index contributed by atoms with van der Waals surface area (Å²) in [6.07, 6.45) is 4.02. The van der Waals surface area contributed by atoms with E-state index in [-0.39, 0.29) is 29.5 Å². The molecule has 0 aromatic heterocycles. The number of hydrogen-bond acceptors (Lipinski definition) is 5. The van der Waals surface area contributed by atoms with Crippen molar-refractivity contribution in [1.82, 2.24) is 10.2 Å². The number of nitrogens with zero attached hydrogens (tertiary/aromatic N) is 2. The molecule has 2 aliphatic heterocycles. The molecule has 1 aliphatic carbocycles. The molecule has 1 fully saturated rings. The van der Waals surface area contributed by atoms with Gasteiger partial charge in [-0.05, 0) is 103 Å². The molecule has 3 aliphatic rings. The van der Waals surface area contributed by atoms with Gasteiger partial charge in [0.25, 0.3) is 0 Å². The zero-order valence-electron chi connectivity index (χ0n) is 24.0. The molecular formula is C34H40N4O3. The first kappa shape index (κ1) is 27.5. The summed E-state index contributed by atoms with van der Waals surface area (Å²) in [5.41, 5.74) is 15.2. The molecule has 0 unspecified atom stereocenters. The molecule has 7 heteroatoms. The van der Waals surface area contributed by atoms with E-state index in [2.05, 4.69) is 52.7 Å². The van der Waals surface area contributed by atoms with Crippen molar-refractivity contribution in [3.8, 4) is 5.75 Å². The van der Waals surface area contributed by atoms with Crippen molar-refractivity contribution in [3.63, 3.8) is 0 Å². The van der Waals surface area contributed by atoms with Crippen LogP contribution in [0, 0.1) is 19.8 Å². The first-order valence-corrected chi connectivity index (χ1v) is 14.8. The number of nitrogens with one attached hydrogen (secondary N) is 1. The van der Waals surface area contributed by atoms with E-state index in [0.717, 1.165) is 66.8 Å². The Balaban J connectivity index is 1.21. The minimum absolute atomic E-state index is 0.132. The molecular weight excluding hydrogens is 512 g/mol. The number of nitrogens with two attached hydrogens (primary N) is 1. The molecule has 3 aromatic rings. The molecule has 4 N–H and O–H groups in total. The van der Waals surface area contributed by atoms with E-state index in [0.29, 0.717) is 19.4 Å². The summed E-state index contributed by atoms with van der Waals surface area (Å²) in [6, 6.07) is 17.5. The molecule has 41 heavy (non-hydrogen) atoms. The van der Waals surface area contributed by atoms with Gasteiger partial charge in [-0.3, -0.25) is 14.5 Å². The minimum atomic E-state index is -0.719. The Morgan fingerprint density at radius 1 is 1.00 bits per heavy atom. The van der Waals surface area contributed by atoms with Crippen molar-refractivity contribution >= 4 is 17.5 Å². The maximum Gasteiger partial charge on any atom is 0.237 e. The third kappa shape index (κ3) is 5.88. The standard InChI is InChI=1S/C34H40N4O3/c1-21-15-27(39)16-22(2)28(21)18-30(35)33(40)36-31-12-14-38(34(41)25-8-9-25)32-10-7-23(17-29(31)32)19-37-13-11-24-5-3-4-6-26(24)20-37/h3-7,10,15-17,25,30-31,39H,8-9,11-14,18-20,35H2,1-2H3,(H,36,40)/t30-,31+/m0/s1. The molecule has 0 spiro atoms. The van der Waals surface area contributed by atoms with Crippen LogP contribution in [0.3, 0.4) is 0 Å². The van der Waals surface area contributed by atoms with Crippen LogP contribution in [0.5, 0.6) is 5.75 Å². The van der Waals surface area contributed by atoms with E-state index >= 15 is 0 Å². The van der Waals surface area contributed by atoms with Gasteiger partial charge in [-0.2, -0.15) is 0 Å². The van der Waals surface area contributed by atoms with Crippen LogP contribution in [0.4, 0.5) is 5.69 Å². The van der Waals surface area contributed by atoms with Gasteiger partial charge in [0.05, 0.1) is 12.1 Å². The number of aryl methyl sites for hydroxylation is 2. The van der Waals surface area contributed by atoms with Crippen molar-refractivity contribution in [2.45, 2.75) is 71.1 Å². The van der Waals surface area contributed by atoms with Crippen LogP contribution in [0.2, 0.25) is 0 Å². The second-order valence-corrected chi connectivity index (χ2v) is 12.1. The molecule has 3 aromatic carbocycles. The summed E-state index contributed by atoms with van der Waals surface area (Å²) in [7, 11) is 0. The highest BCUT2D eigenvalue weighted by Crippen LogP contribution is 2.39. The fourth-order valence-corrected chi connectivity index (χ4v) is 6.52. The Bertz CT molecular complexity index is 1460. The van der Waals surface area contributed by atoms with Crippen LogP contribution in [-0.2, 0) is 35.5 Å². The minimum Gasteiger partial charge on any atom is -0.508 e. The Hall–Kier alpha value is -3.68. The third-order valence-electron chi connectivity index (χ3n) is 8.97. The summed E-state index contributed by atoms with van der Waals surface area (Å²) in [4.78, 5) is 30.9. The fourth-order valence-electron chi connectivity index (χ4n) is 6.52. The lowest BCUT2D eigenvalue weighted by molar-refractivity contribution is -0.123. The van der Waals surface area contributed by atoms with Gasteiger partial charge in [-0.25, -0.2) is 0 Å². The summed E-state index contributed by atoms with van der Waals surface area (Å²) in [5, 5.41) is 13.1. The van der Waals surface area contributed by atoms with E-state index in [9.17, 15) is 14.7 Å². The number of carbonyl (C=O) groups is 2. The molecule has 2 heterocycles. The Kier molecular flexibility index (Phi) is 7.58. The molecule has 0 saturated heterocycles. The van der Waals surface area contributed by atoms with Crippen LogP contribution in [-0.4, -0.2) is 41.0 Å². The lowest BCUT2D eigenvalue weighted by Crippen LogP contribution is -2.47.